The second-order valence-electron chi connectivity index (χ2n) is 4.49. The molecule has 0 aromatic carbocycles. The topological polar surface area (TPSA) is 84.9 Å². The smallest absolute Gasteiger partial charge is 0.323 e. The molecule has 1 aliphatic rings. The van der Waals surface area contributed by atoms with E-state index in [0.29, 0.717) is 19.5 Å². The maximum atomic E-state index is 11.6. The minimum Gasteiger partial charge on any atom is -0.394 e. The molecule has 0 aliphatic carbocycles. The molecule has 0 aromatic rings. The van der Waals surface area contributed by atoms with Gasteiger partial charge in [-0.15, -0.1) is 0 Å². The molecule has 1 atom stereocenters. The number of aliphatic hydroxyl groups is 1. The predicted molar refractivity (Wildman–Crippen MR) is 66.5 cm³/mol. The monoisotopic (exact) mass is 258 g/mol. The first-order valence-corrected chi connectivity index (χ1v) is 6.22. The van der Waals surface area contributed by atoms with Crippen molar-refractivity contribution in [2.45, 2.75) is 19.4 Å². The normalized spacial score (nSPS) is 19.3. The highest BCUT2D eigenvalue weighted by Gasteiger charge is 2.21. The Morgan fingerprint density at radius 2 is 1.83 bits per heavy atom. The molecule has 2 amide bonds. The van der Waals surface area contributed by atoms with Crippen LogP contribution in [0, 0.1) is 0 Å². The van der Waals surface area contributed by atoms with Crippen LogP contribution in [0.3, 0.4) is 0 Å². The number of carbonyl (C=O) groups excluding carboxylic acids is 2. The zero-order chi connectivity index (χ0) is 13.5. The predicted octanol–water partition coefficient (Wildman–Crippen LogP) is -1.85. The van der Waals surface area contributed by atoms with E-state index in [1.807, 2.05) is 14.0 Å². The van der Waals surface area contributed by atoms with E-state index in [1.54, 1.807) is 5.01 Å². The summed E-state index contributed by atoms with van der Waals surface area (Å²) >= 11 is 0. The quantitative estimate of drug-likeness (QED) is 0.516. The number of amides is 2. The number of nitrogens with zero attached hydrogens (tertiary/aromatic N) is 2. The van der Waals surface area contributed by atoms with Gasteiger partial charge in [0, 0.05) is 26.2 Å². The average Bonchev–Trinajstić information content (AvgIpc) is 2.38. The second kappa shape index (κ2) is 7.30. The molecule has 1 aliphatic heterocycles. The van der Waals surface area contributed by atoms with Gasteiger partial charge in [-0.1, -0.05) is 6.92 Å². The summed E-state index contributed by atoms with van der Waals surface area (Å²) in [5.41, 5.74) is 2.57. The van der Waals surface area contributed by atoms with Crippen molar-refractivity contribution in [3.05, 3.63) is 0 Å². The summed E-state index contributed by atoms with van der Waals surface area (Å²) in [6, 6.07) is -0.365. The lowest BCUT2D eigenvalue weighted by molar-refractivity contribution is -0.143. The summed E-state index contributed by atoms with van der Waals surface area (Å²) in [7, 11) is 2.01. The molecule has 1 rings (SSSR count). The lowest BCUT2D eigenvalue weighted by Crippen LogP contribution is -2.56. The molecule has 0 radical (unpaired) electrons. The van der Waals surface area contributed by atoms with E-state index in [-0.39, 0.29) is 12.6 Å². The number of piperazine rings is 1. The van der Waals surface area contributed by atoms with Gasteiger partial charge in [0.05, 0.1) is 12.6 Å². The van der Waals surface area contributed by atoms with E-state index in [4.69, 9.17) is 5.11 Å². The van der Waals surface area contributed by atoms with E-state index in [2.05, 4.69) is 15.6 Å². The molecule has 1 saturated heterocycles. The molecule has 7 nitrogen and oxygen atoms in total. The standard InChI is InChI=1S/C11H22N4O3/c1-3-9(8-16)12-10(17)11(18)13-15-6-4-14(2)5-7-15/h9,16H,3-8H2,1-2H3,(H,12,17)(H,13,18). The Kier molecular flexibility index (Phi) is 6.03. The largest absolute Gasteiger partial charge is 0.394 e. The van der Waals surface area contributed by atoms with E-state index in [9.17, 15) is 9.59 Å². The molecule has 18 heavy (non-hydrogen) atoms. The molecular weight excluding hydrogens is 236 g/mol. The Morgan fingerprint density at radius 3 is 2.33 bits per heavy atom. The first-order valence-electron chi connectivity index (χ1n) is 6.22. The summed E-state index contributed by atoms with van der Waals surface area (Å²) in [6.45, 7) is 4.79. The number of rotatable bonds is 4. The Labute approximate surface area is 107 Å². The van der Waals surface area contributed by atoms with Crippen LogP contribution in [-0.2, 0) is 9.59 Å². The third-order valence-electron chi connectivity index (χ3n) is 3.02. The number of hydrogen-bond acceptors (Lipinski definition) is 5. The zero-order valence-corrected chi connectivity index (χ0v) is 11.0. The Bertz CT molecular complexity index is 286. The third kappa shape index (κ3) is 4.59. The highest BCUT2D eigenvalue weighted by molar-refractivity contribution is 6.35. The van der Waals surface area contributed by atoms with Crippen molar-refractivity contribution >= 4 is 11.8 Å². The van der Waals surface area contributed by atoms with Gasteiger partial charge >= 0.3 is 11.8 Å². The molecule has 104 valence electrons. The number of likely N-dealkylation sites (N-methyl/N-ethyl adjacent to an activating group) is 1. The van der Waals surface area contributed by atoms with Crippen LogP contribution < -0.4 is 10.7 Å². The van der Waals surface area contributed by atoms with E-state index in [0.717, 1.165) is 13.1 Å². The van der Waals surface area contributed by atoms with Crippen molar-refractivity contribution in [1.82, 2.24) is 20.7 Å². The third-order valence-corrected chi connectivity index (χ3v) is 3.02. The van der Waals surface area contributed by atoms with Gasteiger partial charge in [0.1, 0.15) is 0 Å². The van der Waals surface area contributed by atoms with E-state index in [1.165, 1.54) is 0 Å². The molecule has 0 bridgehead atoms. The van der Waals surface area contributed by atoms with Crippen LogP contribution in [0.2, 0.25) is 0 Å². The Morgan fingerprint density at radius 1 is 1.22 bits per heavy atom. The molecule has 0 spiro atoms. The minimum atomic E-state index is -0.699. The minimum absolute atomic E-state index is 0.163. The molecule has 1 fully saturated rings. The number of hydrazine groups is 1. The molecule has 0 saturated carbocycles. The lowest BCUT2D eigenvalue weighted by atomic mass is 10.2. The SMILES string of the molecule is CCC(CO)NC(=O)C(=O)NN1CCN(C)CC1. The molecule has 7 heteroatoms. The van der Waals surface area contributed by atoms with Crippen LogP contribution >= 0.6 is 0 Å². The van der Waals surface area contributed by atoms with Crippen molar-refractivity contribution < 1.29 is 14.7 Å². The molecule has 3 N–H and O–H groups in total. The number of hydrogen-bond donors (Lipinski definition) is 3. The summed E-state index contributed by atoms with van der Waals surface area (Å²) in [4.78, 5) is 25.3. The second-order valence-corrected chi connectivity index (χ2v) is 4.49. The van der Waals surface area contributed by atoms with Crippen molar-refractivity contribution in [2.24, 2.45) is 0 Å². The maximum absolute atomic E-state index is 11.6. The molecular formula is C11H22N4O3. The number of aliphatic hydroxyl groups excluding tert-OH is 1. The van der Waals surface area contributed by atoms with Gasteiger partial charge < -0.3 is 15.3 Å². The van der Waals surface area contributed by atoms with Crippen LogP contribution in [0.5, 0.6) is 0 Å². The van der Waals surface area contributed by atoms with Crippen LogP contribution in [-0.4, -0.2) is 72.7 Å². The highest BCUT2D eigenvalue weighted by atomic mass is 16.3. The van der Waals surface area contributed by atoms with Crippen molar-refractivity contribution in [2.75, 3.05) is 39.8 Å². The molecule has 0 aromatic heterocycles. The van der Waals surface area contributed by atoms with Crippen molar-refractivity contribution in [1.29, 1.82) is 0 Å². The lowest BCUT2D eigenvalue weighted by Gasteiger charge is -2.32. The summed E-state index contributed by atoms with van der Waals surface area (Å²) in [5, 5.41) is 13.2. The van der Waals surface area contributed by atoms with E-state index < -0.39 is 11.8 Å². The maximum Gasteiger partial charge on any atom is 0.323 e. The van der Waals surface area contributed by atoms with Crippen LogP contribution in [0.25, 0.3) is 0 Å². The summed E-state index contributed by atoms with van der Waals surface area (Å²) in [5.74, 6) is -1.37. The fraction of sp³-hybridized carbons (Fsp3) is 0.818. The van der Waals surface area contributed by atoms with Gasteiger partial charge in [-0.25, -0.2) is 5.01 Å². The highest BCUT2D eigenvalue weighted by Crippen LogP contribution is 1.95. The average molecular weight is 258 g/mol. The number of nitrogens with one attached hydrogen (secondary N) is 2. The fourth-order valence-corrected chi connectivity index (χ4v) is 1.64. The van der Waals surface area contributed by atoms with Gasteiger partial charge in [0.2, 0.25) is 0 Å². The fourth-order valence-electron chi connectivity index (χ4n) is 1.64. The van der Waals surface area contributed by atoms with Gasteiger partial charge in [-0.3, -0.25) is 15.0 Å². The zero-order valence-electron chi connectivity index (χ0n) is 11.0. The van der Waals surface area contributed by atoms with Gasteiger partial charge in [0.25, 0.3) is 0 Å². The Hall–Kier alpha value is -1.18. The molecule has 1 heterocycles. The molecule has 1 unspecified atom stereocenters. The summed E-state index contributed by atoms with van der Waals surface area (Å²) < 4.78 is 0. The first kappa shape index (κ1) is 14.9. The first-order chi connectivity index (χ1) is 8.56. The Balaban J connectivity index is 2.33. The van der Waals surface area contributed by atoms with Crippen molar-refractivity contribution in [3.8, 4) is 0 Å². The van der Waals surface area contributed by atoms with Crippen LogP contribution in [0.4, 0.5) is 0 Å². The van der Waals surface area contributed by atoms with Gasteiger partial charge in [-0.2, -0.15) is 0 Å². The van der Waals surface area contributed by atoms with E-state index >= 15 is 0 Å². The van der Waals surface area contributed by atoms with Gasteiger partial charge in [0.15, 0.2) is 0 Å². The van der Waals surface area contributed by atoms with Crippen molar-refractivity contribution in [3.63, 3.8) is 0 Å². The van der Waals surface area contributed by atoms with Crippen LogP contribution in [0.15, 0.2) is 0 Å². The number of carbonyl (C=O) groups is 2. The van der Waals surface area contributed by atoms with Crippen LogP contribution in [0.1, 0.15) is 13.3 Å². The van der Waals surface area contributed by atoms with Gasteiger partial charge in [-0.05, 0) is 13.5 Å². The summed E-state index contributed by atoms with van der Waals surface area (Å²) in [6.07, 6.45) is 0.587.